The molecule has 5 aromatic carbocycles. The molecular weight excluding hydrogens is 646 g/mol. The Morgan fingerprint density at radius 3 is 2.10 bits per heavy atom. The first-order valence-corrected chi connectivity index (χ1v) is 15.1. The monoisotopic (exact) mass is 667 g/mol. The third-order valence-corrected chi connectivity index (χ3v) is 7.87. The van der Waals surface area contributed by atoms with E-state index < -0.39 is 17.6 Å². The zero-order valence-electron chi connectivity index (χ0n) is 26.2. The minimum absolute atomic E-state index is 0.00550. The standard InChI is InChI=1S/C37H21N11O3/c38-17-22-7-1-3-9-28(22)42-35(50)21-13-14-26-24(15-21)16-27(36(51)43-29-10-4-2-8-23(29)18-39)33(49)32(26)46-47-34-25(19-40)20-41-48(34)37-44-30-11-5-6-12-31(30)45-37/h1-16,20,49H,(H,42,50)(H,43,51)(H,44,45). The maximum atomic E-state index is 13.7. The third kappa shape index (κ3) is 5.93. The Morgan fingerprint density at radius 1 is 0.765 bits per heavy atom. The first-order valence-electron chi connectivity index (χ1n) is 15.1. The van der Waals surface area contributed by atoms with Crippen molar-refractivity contribution in [2.45, 2.75) is 0 Å². The van der Waals surface area contributed by atoms with E-state index in [0.717, 1.165) is 5.52 Å². The normalized spacial score (nSPS) is 10.8. The molecule has 7 aromatic rings. The van der Waals surface area contributed by atoms with Gasteiger partial charge < -0.3 is 20.7 Å². The zero-order valence-corrected chi connectivity index (χ0v) is 26.2. The van der Waals surface area contributed by atoms with Crippen LogP contribution in [-0.2, 0) is 0 Å². The number of hydrogen-bond acceptors (Lipinski definition) is 10. The molecule has 0 aliphatic carbocycles. The van der Waals surface area contributed by atoms with E-state index in [2.05, 4.69) is 35.9 Å². The molecule has 7 rings (SSSR count). The summed E-state index contributed by atoms with van der Waals surface area (Å²) >= 11 is 0. The van der Waals surface area contributed by atoms with Crippen molar-refractivity contribution >= 4 is 56.5 Å². The predicted molar refractivity (Wildman–Crippen MR) is 186 cm³/mol. The summed E-state index contributed by atoms with van der Waals surface area (Å²) in [5, 5.41) is 59.3. The van der Waals surface area contributed by atoms with Gasteiger partial charge in [0, 0.05) is 10.9 Å². The average molecular weight is 668 g/mol. The predicted octanol–water partition coefficient (Wildman–Crippen LogP) is 7.14. The highest BCUT2D eigenvalue weighted by Crippen LogP contribution is 2.41. The van der Waals surface area contributed by atoms with Crippen LogP contribution in [0.4, 0.5) is 22.9 Å². The van der Waals surface area contributed by atoms with E-state index in [1.165, 1.54) is 41.2 Å². The molecule has 0 aliphatic heterocycles. The van der Waals surface area contributed by atoms with Crippen molar-refractivity contribution in [3.63, 3.8) is 0 Å². The van der Waals surface area contributed by atoms with Gasteiger partial charge in [0.2, 0.25) is 5.95 Å². The van der Waals surface area contributed by atoms with Crippen molar-refractivity contribution in [2.75, 3.05) is 10.6 Å². The Morgan fingerprint density at radius 2 is 1.41 bits per heavy atom. The van der Waals surface area contributed by atoms with Crippen molar-refractivity contribution in [1.82, 2.24) is 19.7 Å². The number of para-hydroxylation sites is 4. The number of rotatable bonds is 7. The quantitative estimate of drug-likeness (QED) is 0.128. The Kier molecular flexibility index (Phi) is 8.11. The van der Waals surface area contributed by atoms with Crippen molar-refractivity contribution in [2.24, 2.45) is 10.2 Å². The summed E-state index contributed by atoms with van der Waals surface area (Å²) in [4.78, 5) is 34.6. The molecule has 14 heteroatoms. The summed E-state index contributed by atoms with van der Waals surface area (Å²) in [7, 11) is 0. The summed E-state index contributed by atoms with van der Waals surface area (Å²) < 4.78 is 1.29. The number of carbonyl (C=O) groups is 2. The van der Waals surface area contributed by atoms with Crippen LogP contribution in [0.25, 0.3) is 27.8 Å². The molecule has 0 aliphatic rings. The number of azo groups is 1. The van der Waals surface area contributed by atoms with Gasteiger partial charge in [0.25, 0.3) is 11.8 Å². The second-order valence-electron chi connectivity index (χ2n) is 11.0. The van der Waals surface area contributed by atoms with Gasteiger partial charge in [0.15, 0.2) is 11.6 Å². The molecule has 2 aromatic heterocycles. The molecule has 0 atom stereocenters. The lowest BCUT2D eigenvalue weighted by atomic mass is 10.00. The minimum Gasteiger partial charge on any atom is -0.505 e. The van der Waals surface area contributed by atoms with Crippen molar-refractivity contribution in [3.05, 3.63) is 131 Å². The number of carbonyl (C=O) groups excluding carboxylic acids is 2. The number of aromatic amines is 1. The average Bonchev–Trinajstić information content (AvgIpc) is 3.78. The first-order chi connectivity index (χ1) is 24.9. The van der Waals surface area contributed by atoms with Gasteiger partial charge in [-0.15, -0.1) is 10.2 Å². The zero-order chi connectivity index (χ0) is 35.5. The van der Waals surface area contributed by atoms with Crippen LogP contribution >= 0.6 is 0 Å². The number of H-pyrrole nitrogens is 1. The van der Waals surface area contributed by atoms with Crippen molar-refractivity contribution < 1.29 is 14.7 Å². The van der Waals surface area contributed by atoms with Crippen LogP contribution in [0.15, 0.2) is 113 Å². The molecule has 0 unspecified atom stereocenters. The molecule has 2 amide bonds. The first kappa shape index (κ1) is 31.4. The molecule has 0 fully saturated rings. The van der Waals surface area contributed by atoms with Crippen LogP contribution in [0.2, 0.25) is 0 Å². The second-order valence-corrected chi connectivity index (χ2v) is 11.0. The van der Waals surface area contributed by atoms with Gasteiger partial charge in [-0.05, 0) is 60.0 Å². The lowest BCUT2D eigenvalue weighted by molar-refractivity contribution is 0.101. The number of amides is 2. The Labute approximate surface area is 288 Å². The van der Waals surface area contributed by atoms with Gasteiger partial charge in [0.05, 0.1) is 45.3 Å². The lowest BCUT2D eigenvalue weighted by Gasteiger charge is -2.13. The van der Waals surface area contributed by atoms with Gasteiger partial charge in [-0.25, -0.2) is 4.98 Å². The molecule has 0 saturated carbocycles. The summed E-state index contributed by atoms with van der Waals surface area (Å²) in [5.74, 6) is -1.59. The molecule has 242 valence electrons. The Balaban J connectivity index is 1.34. The van der Waals surface area contributed by atoms with Crippen LogP contribution < -0.4 is 10.6 Å². The fourth-order valence-corrected chi connectivity index (χ4v) is 5.36. The van der Waals surface area contributed by atoms with Crippen LogP contribution in [-0.4, -0.2) is 36.7 Å². The molecule has 0 saturated heterocycles. The SMILES string of the molecule is N#Cc1ccccc1NC(=O)c1ccc2c(N=Nc3c(C#N)cnn3-c3nc4ccccc4[nH]3)c(O)c(C(=O)Nc3ccccc3C#N)cc2c1. The number of benzene rings is 5. The van der Waals surface area contributed by atoms with E-state index in [1.807, 2.05) is 36.4 Å². The van der Waals surface area contributed by atoms with E-state index in [-0.39, 0.29) is 51.0 Å². The van der Waals surface area contributed by atoms with Gasteiger partial charge in [-0.3, -0.25) is 9.59 Å². The van der Waals surface area contributed by atoms with E-state index in [1.54, 1.807) is 48.5 Å². The number of aromatic hydroxyl groups is 1. The molecule has 0 radical (unpaired) electrons. The van der Waals surface area contributed by atoms with E-state index >= 15 is 0 Å². The number of nitrogens with one attached hydrogen (secondary N) is 3. The molecule has 14 nitrogen and oxygen atoms in total. The van der Waals surface area contributed by atoms with Gasteiger partial charge in [-0.1, -0.05) is 42.5 Å². The molecule has 51 heavy (non-hydrogen) atoms. The highest BCUT2D eigenvalue weighted by molar-refractivity contribution is 6.14. The van der Waals surface area contributed by atoms with Gasteiger partial charge in [-0.2, -0.15) is 25.6 Å². The highest BCUT2D eigenvalue weighted by Gasteiger charge is 2.22. The van der Waals surface area contributed by atoms with E-state index in [0.29, 0.717) is 22.0 Å². The molecular formula is C37H21N11O3. The van der Waals surface area contributed by atoms with Gasteiger partial charge in [0.1, 0.15) is 29.5 Å². The molecule has 2 heterocycles. The van der Waals surface area contributed by atoms with Crippen LogP contribution in [0.5, 0.6) is 5.75 Å². The number of aromatic nitrogens is 4. The minimum atomic E-state index is -0.767. The smallest absolute Gasteiger partial charge is 0.259 e. The number of nitrogens with zero attached hydrogens (tertiary/aromatic N) is 8. The summed E-state index contributed by atoms with van der Waals surface area (Å²) in [6.07, 6.45) is 1.30. The fraction of sp³-hybridized carbons (Fsp3) is 0. The summed E-state index contributed by atoms with van der Waals surface area (Å²) in [5.41, 5.74) is 2.24. The van der Waals surface area contributed by atoms with Crippen LogP contribution in [0.3, 0.4) is 0 Å². The summed E-state index contributed by atoms with van der Waals surface area (Å²) in [6, 6.07) is 32.2. The number of imidazole rings is 1. The maximum absolute atomic E-state index is 13.7. The number of anilines is 2. The number of nitriles is 3. The third-order valence-electron chi connectivity index (χ3n) is 7.87. The topological polar surface area (TPSA) is 221 Å². The molecule has 4 N–H and O–H groups in total. The van der Waals surface area contributed by atoms with E-state index in [9.17, 15) is 30.5 Å². The Bertz CT molecular complexity index is 2670. The highest BCUT2D eigenvalue weighted by atomic mass is 16.3. The number of hydrogen-bond donors (Lipinski definition) is 4. The van der Waals surface area contributed by atoms with Gasteiger partial charge >= 0.3 is 0 Å². The van der Waals surface area contributed by atoms with Crippen LogP contribution in [0, 0.1) is 34.0 Å². The number of fused-ring (bicyclic) bond motifs is 2. The fourth-order valence-electron chi connectivity index (χ4n) is 5.36. The maximum Gasteiger partial charge on any atom is 0.259 e. The second kappa shape index (κ2) is 13.2. The van der Waals surface area contributed by atoms with Crippen LogP contribution in [0.1, 0.15) is 37.4 Å². The van der Waals surface area contributed by atoms with E-state index in [4.69, 9.17) is 0 Å². The number of phenolic OH excluding ortho intramolecular Hbond substituents is 1. The largest absolute Gasteiger partial charge is 0.505 e. The summed E-state index contributed by atoms with van der Waals surface area (Å²) in [6.45, 7) is 0. The molecule has 0 spiro atoms. The van der Waals surface area contributed by atoms with Crippen molar-refractivity contribution in [3.8, 4) is 29.9 Å². The van der Waals surface area contributed by atoms with Crippen molar-refractivity contribution in [1.29, 1.82) is 15.8 Å². The Hall–Kier alpha value is -8.15. The number of phenols is 1. The molecule has 0 bridgehead atoms. The lowest BCUT2D eigenvalue weighted by Crippen LogP contribution is -2.14.